The lowest BCUT2D eigenvalue weighted by molar-refractivity contribution is -0.118. The Balaban J connectivity index is 1.63. The van der Waals surface area contributed by atoms with Crippen LogP contribution < -0.4 is 15.5 Å². The minimum Gasteiger partial charge on any atom is -0.333 e. The van der Waals surface area contributed by atoms with E-state index in [4.69, 9.17) is 0 Å². The first-order valence-corrected chi connectivity index (χ1v) is 8.63. The van der Waals surface area contributed by atoms with Crippen LogP contribution in [0.5, 0.6) is 0 Å². The summed E-state index contributed by atoms with van der Waals surface area (Å²) in [6.45, 7) is 4.36. The fourth-order valence-electron chi connectivity index (χ4n) is 2.81. The lowest BCUT2D eigenvalue weighted by Crippen LogP contribution is -2.31. The third-order valence-electron chi connectivity index (χ3n) is 4.09. The van der Waals surface area contributed by atoms with Gasteiger partial charge in [0.15, 0.2) is 0 Å². The minimum atomic E-state index is -0.249. The molecule has 6 nitrogen and oxygen atoms in total. The largest absolute Gasteiger partial charge is 0.333 e. The predicted octanol–water partition coefficient (Wildman–Crippen LogP) is 2.99. The molecule has 0 spiro atoms. The lowest BCUT2D eigenvalue weighted by atomic mass is 10.0. The summed E-state index contributed by atoms with van der Waals surface area (Å²) in [6.07, 6.45) is 1.21. The molecule has 1 aromatic heterocycles. The highest BCUT2D eigenvalue weighted by molar-refractivity contribution is 7.11. The second-order valence-electron chi connectivity index (χ2n) is 5.85. The van der Waals surface area contributed by atoms with Crippen molar-refractivity contribution < 1.29 is 9.59 Å². The monoisotopic (exact) mass is 344 g/mol. The molecule has 3 rings (SSSR count). The average Bonchev–Trinajstić information content (AvgIpc) is 2.87. The number of hydrogen-bond donors (Lipinski definition) is 2. The molecule has 24 heavy (non-hydrogen) atoms. The topological polar surface area (TPSA) is 74.3 Å². The zero-order valence-corrected chi connectivity index (χ0v) is 14.8. The van der Waals surface area contributed by atoms with Crippen molar-refractivity contribution in [2.45, 2.75) is 33.2 Å². The summed E-state index contributed by atoms with van der Waals surface area (Å²) in [5.74, 6) is 0.121. The fourth-order valence-corrected chi connectivity index (χ4v) is 3.68. The van der Waals surface area contributed by atoms with Crippen molar-refractivity contribution in [2.24, 2.45) is 0 Å². The molecule has 126 valence electrons. The summed E-state index contributed by atoms with van der Waals surface area (Å²) in [5, 5.41) is 6.70. The van der Waals surface area contributed by atoms with Crippen LogP contribution in [0.25, 0.3) is 0 Å². The van der Waals surface area contributed by atoms with Gasteiger partial charge in [-0.25, -0.2) is 9.78 Å². The molecular formula is C17H20N4O2S. The van der Waals surface area contributed by atoms with Crippen LogP contribution in [0.1, 0.15) is 27.6 Å². The molecule has 2 N–H and O–H groups in total. The maximum atomic E-state index is 12.1. The molecular weight excluding hydrogens is 324 g/mol. The SMILES string of the molecule is Cc1nc(C)c(CNC(=O)Nc2ccc3c(c2)CCC(=O)N3C)s1. The highest BCUT2D eigenvalue weighted by atomic mass is 32.1. The number of hydrogen-bond acceptors (Lipinski definition) is 4. The summed E-state index contributed by atoms with van der Waals surface area (Å²) in [4.78, 5) is 30.9. The second kappa shape index (κ2) is 6.60. The van der Waals surface area contributed by atoms with Crippen molar-refractivity contribution in [3.05, 3.63) is 39.3 Å². The summed E-state index contributed by atoms with van der Waals surface area (Å²) in [6, 6.07) is 5.37. The van der Waals surface area contributed by atoms with E-state index in [-0.39, 0.29) is 11.9 Å². The molecule has 0 unspecified atom stereocenters. The molecule has 1 aliphatic heterocycles. The highest BCUT2D eigenvalue weighted by Gasteiger charge is 2.21. The standard InChI is InChI=1S/C17H20N4O2S/c1-10-15(24-11(2)19-10)9-18-17(23)20-13-5-6-14-12(8-13)4-7-16(22)21(14)3/h5-6,8H,4,7,9H2,1-3H3,(H2,18,20,23). The average molecular weight is 344 g/mol. The van der Waals surface area contributed by atoms with E-state index in [0.29, 0.717) is 19.4 Å². The van der Waals surface area contributed by atoms with Crippen molar-refractivity contribution >= 4 is 34.6 Å². The van der Waals surface area contributed by atoms with E-state index in [1.807, 2.05) is 32.0 Å². The molecule has 2 aromatic rings. The van der Waals surface area contributed by atoms with Crippen LogP contribution in [0.3, 0.4) is 0 Å². The first kappa shape index (κ1) is 16.4. The highest BCUT2D eigenvalue weighted by Crippen LogP contribution is 2.29. The Morgan fingerprint density at radius 2 is 2.12 bits per heavy atom. The number of aryl methyl sites for hydroxylation is 3. The third kappa shape index (κ3) is 3.41. The number of rotatable bonds is 3. The number of anilines is 2. The zero-order valence-electron chi connectivity index (χ0n) is 14.0. The first-order valence-electron chi connectivity index (χ1n) is 7.81. The van der Waals surface area contributed by atoms with E-state index >= 15 is 0 Å². The Morgan fingerprint density at radius 3 is 2.83 bits per heavy atom. The number of nitrogens with zero attached hydrogens (tertiary/aromatic N) is 2. The van der Waals surface area contributed by atoms with Gasteiger partial charge in [-0.05, 0) is 44.0 Å². The molecule has 0 fully saturated rings. The molecule has 7 heteroatoms. The summed E-state index contributed by atoms with van der Waals surface area (Å²) in [7, 11) is 1.78. The van der Waals surface area contributed by atoms with Crippen molar-refractivity contribution in [1.82, 2.24) is 10.3 Å². The van der Waals surface area contributed by atoms with E-state index in [9.17, 15) is 9.59 Å². The number of thiazole rings is 1. The Kier molecular flexibility index (Phi) is 4.53. The van der Waals surface area contributed by atoms with E-state index in [1.54, 1.807) is 23.3 Å². The number of benzene rings is 1. The van der Waals surface area contributed by atoms with Gasteiger partial charge in [0.05, 0.1) is 17.2 Å². The second-order valence-corrected chi connectivity index (χ2v) is 7.13. The van der Waals surface area contributed by atoms with E-state index in [0.717, 1.165) is 32.5 Å². The van der Waals surface area contributed by atoms with Crippen LogP contribution in [0, 0.1) is 13.8 Å². The van der Waals surface area contributed by atoms with Gasteiger partial charge in [-0.2, -0.15) is 0 Å². The number of aromatic nitrogens is 1. The van der Waals surface area contributed by atoms with E-state index < -0.39 is 0 Å². The fraction of sp³-hybridized carbons (Fsp3) is 0.353. The third-order valence-corrected chi connectivity index (χ3v) is 5.16. The van der Waals surface area contributed by atoms with Gasteiger partial charge < -0.3 is 15.5 Å². The van der Waals surface area contributed by atoms with Crippen molar-refractivity contribution in [3.63, 3.8) is 0 Å². The van der Waals surface area contributed by atoms with Crippen LogP contribution in [0.15, 0.2) is 18.2 Å². The van der Waals surface area contributed by atoms with Gasteiger partial charge in [-0.15, -0.1) is 11.3 Å². The Labute approximate surface area is 144 Å². The Hall–Kier alpha value is -2.41. The molecule has 3 amide bonds. The Bertz CT molecular complexity index is 800. The molecule has 1 aromatic carbocycles. The number of nitrogens with one attached hydrogen (secondary N) is 2. The normalized spacial score (nSPS) is 13.6. The van der Waals surface area contributed by atoms with Crippen LogP contribution in [0.2, 0.25) is 0 Å². The van der Waals surface area contributed by atoms with Gasteiger partial charge in [0.25, 0.3) is 0 Å². The zero-order chi connectivity index (χ0) is 17.3. The van der Waals surface area contributed by atoms with Crippen molar-refractivity contribution in [1.29, 1.82) is 0 Å². The number of fused-ring (bicyclic) bond motifs is 1. The summed E-state index contributed by atoms with van der Waals surface area (Å²) < 4.78 is 0. The molecule has 0 saturated heterocycles. The molecule has 1 aliphatic rings. The van der Waals surface area contributed by atoms with E-state index in [2.05, 4.69) is 15.6 Å². The van der Waals surface area contributed by atoms with Gasteiger partial charge in [-0.1, -0.05) is 0 Å². The minimum absolute atomic E-state index is 0.121. The van der Waals surface area contributed by atoms with Gasteiger partial charge in [0.2, 0.25) is 5.91 Å². The Morgan fingerprint density at radius 1 is 1.33 bits per heavy atom. The lowest BCUT2D eigenvalue weighted by Gasteiger charge is -2.26. The molecule has 0 aliphatic carbocycles. The summed E-state index contributed by atoms with van der Waals surface area (Å²) in [5.41, 5.74) is 3.67. The predicted molar refractivity (Wildman–Crippen MR) is 95.6 cm³/mol. The number of carbonyl (C=O) groups excluding carboxylic acids is 2. The number of urea groups is 1. The summed E-state index contributed by atoms with van der Waals surface area (Å²) >= 11 is 1.59. The molecule has 0 atom stereocenters. The van der Waals surface area contributed by atoms with Crippen LogP contribution in [-0.4, -0.2) is 24.0 Å². The van der Waals surface area contributed by atoms with Crippen LogP contribution >= 0.6 is 11.3 Å². The maximum Gasteiger partial charge on any atom is 0.319 e. The molecule has 0 radical (unpaired) electrons. The number of amides is 3. The molecule has 0 saturated carbocycles. The quantitative estimate of drug-likeness (QED) is 0.899. The van der Waals surface area contributed by atoms with Crippen LogP contribution in [0.4, 0.5) is 16.2 Å². The first-order chi connectivity index (χ1) is 11.4. The van der Waals surface area contributed by atoms with E-state index in [1.165, 1.54) is 0 Å². The molecule has 2 heterocycles. The van der Waals surface area contributed by atoms with Gasteiger partial charge in [-0.3, -0.25) is 4.79 Å². The van der Waals surface area contributed by atoms with Crippen LogP contribution in [-0.2, 0) is 17.8 Å². The number of carbonyl (C=O) groups is 2. The van der Waals surface area contributed by atoms with Gasteiger partial charge in [0, 0.05) is 29.7 Å². The maximum absolute atomic E-state index is 12.1. The van der Waals surface area contributed by atoms with Gasteiger partial charge in [0.1, 0.15) is 0 Å². The van der Waals surface area contributed by atoms with Crippen molar-refractivity contribution in [2.75, 3.05) is 17.3 Å². The van der Waals surface area contributed by atoms with Gasteiger partial charge >= 0.3 is 6.03 Å². The smallest absolute Gasteiger partial charge is 0.319 e. The van der Waals surface area contributed by atoms with Crippen molar-refractivity contribution in [3.8, 4) is 0 Å². The molecule has 0 bridgehead atoms.